The van der Waals surface area contributed by atoms with E-state index in [2.05, 4.69) is 4.99 Å². The van der Waals surface area contributed by atoms with Gasteiger partial charge in [-0.05, 0) is 73.0 Å². The molecule has 1 fully saturated rings. The van der Waals surface area contributed by atoms with Gasteiger partial charge in [-0.1, -0.05) is 48.5 Å². The largest absolute Gasteiger partial charge is 0.493 e. The Bertz CT molecular complexity index is 2080. The lowest BCUT2D eigenvalue weighted by molar-refractivity contribution is 0.0774. The SMILES string of the molecule is COc1cc2c(cc1O/C=C\COc1ccc(-n3c(/C=C/c4ccccc4)nc4ccccc4c3=O)cc1)N=C[C@@H]1CCCN1C2=O. The molecule has 1 amide bonds. The lowest BCUT2D eigenvalue weighted by Crippen LogP contribution is -2.35. The Balaban J connectivity index is 1.05. The highest BCUT2D eigenvalue weighted by atomic mass is 16.5. The number of fused-ring (bicyclic) bond motifs is 3. The van der Waals surface area contributed by atoms with Gasteiger partial charge in [0, 0.05) is 18.8 Å². The normalized spacial score (nSPS) is 15.6. The summed E-state index contributed by atoms with van der Waals surface area (Å²) in [6, 6.07) is 28.0. The van der Waals surface area contributed by atoms with Crippen molar-refractivity contribution in [2.75, 3.05) is 20.3 Å². The first-order valence-electron chi connectivity index (χ1n) is 15.5. The summed E-state index contributed by atoms with van der Waals surface area (Å²) in [6.07, 6.45) is 10.8. The van der Waals surface area contributed by atoms with Gasteiger partial charge >= 0.3 is 0 Å². The van der Waals surface area contributed by atoms with Gasteiger partial charge in [-0.25, -0.2) is 4.98 Å². The van der Waals surface area contributed by atoms with Crippen molar-refractivity contribution in [2.24, 2.45) is 4.99 Å². The van der Waals surface area contributed by atoms with E-state index in [1.807, 2.05) is 96.1 Å². The lowest BCUT2D eigenvalue weighted by Gasteiger charge is -2.20. The third kappa shape index (κ3) is 6.15. The van der Waals surface area contributed by atoms with Crippen molar-refractivity contribution in [3.8, 4) is 22.9 Å². The Morgan fingerprint density at radius 3 is 2.55 bits per heavy atom. The molecule has 2 aliphatic rings. The van der Waals surface area contributed by atoms with E-state index in [1.54, 1.807) is 36.0 Å². The number of benzene rings is 4. The van der Waals surface area contributed by atoms with Crippen molar-refractivity contribution in [1.29, 1.82) is 0 Å². The van der Waals surface area contributed by atoms with Crippen molar-refractivity contribution in [3.63, 3.8) is 0 Å². The molecule has 0 spiro atoms. The molecular formula is C38H32N4O5. The summed E-state index contributed by atoms with van der Waals surface area (Å²) in [6.45, 7) is 0.968. The number of para-hydroxylation sites is 1. The molecule has 0 unspecified atom stereocenters. The molecule has 7 rings (SSSR count). The Labute approximate surface area is 271 Å². The number of hydrogen-bond donors (Lipinski definition) is 0. The molecular weight excluding hydrogens is 592 g/mol. The maximum atomic E-state index is 13.6. The first kappa shape index (κ1) is 29.7. The van der Waals surface area contributed by atoms with Gasteiger partial charge in [0.05, 0.1) is 47.3 Å². The Morgan fingerprint density at radius 1 is 0.915 bits per heavy atom. The van der Waals surface area contributed by atoms with Crippen molar-refractivity contribution >= 4 is 40.9 Å². The zero-order chi connectivity index (χ0) is 32.2. The molecule has 9 heteroatoms. The Hall–Kier alpha value is -5.96. The van der Waals surface area contributed by atoms with Crippen molar-refractivity contribution in [2.45, 2.75) is 18.9 Å². The molecule has 234 valence electrons. The van der Waals surface area contributed by atoms with Crippen molar-refractivity contribution < 1.29 is 19.0 Å². The molecule has 0 saturated carbocycles. The molecule has 0 aliphatic carbocycles. The molecule has 0 bridgehead atoms. The van der Waals surface area contributed by atoms with Gasteiger partial charge < -0.3 is 19.1 Å². The van der Waals surface area contributed by atoms with Crippen LogP contribution in [-0.2, 0) is 0 Å². The van der Waals surface area contributed by atoms with Crippen LogP contribution in [0.2, 0.25) is 0 Å². The zero-order valence-electron chi connectivity index (χ0n) is 25.8. The third-order valence-corrected chi connectivity index (χ3v) is 8.22. The number of nitrogens with zero attached hydrogens (tertiary/aromatic N) is 4. The van der Waals surface area contributed by atoms with E-state index in [1.165, 1.54) is 6.26 Å². The minimum Gasteiger partial charge on any atom is -0.493 e. The molecule has 47 heavy (non-hydrogen) atoms. The monoisotopic (exact) mass is 624 g/mol. The molecule has 1 saturated heterocycles. The fourth-order valence-corrected chi connectivity index (χ4v) is 5.84. The lowest BCUT2D eigenvalue weighted by atomic mass is 10.1. The summed E-state index contributed by atoms with van der Waals surface area (Å²) in [5, 5.41) is 0.541. The molecule has 2 aliphatic heterocycles. The summed E-state index contributed by atoms with van der Waals surface area (Å²) < 4.78 is 18.9. The Kier molecular flexibility index (Phi) is 8.34. The van der Waals surface area contributed by atoms with Gasteiger partial charge in [0.2, 0.25) is 0 Å². The number of carbonyl (C=O) groups is 1. The van der Waals surface area contributed by atoms with E-state index < -0.39 is 0 Å². The fraction of sp³-hybridized carbons (Fsp3) is 0.158. The quantitative estimate of drug-likeness (QED) is 0.166. The number of rotatable bonds is 9. The molecule has 1 aromatic heterocycles. The number of aromatic nitrogens is 2. The second-order valence-corrected chi connectivity index (χ2v) is 11.2. The maximum absolute atomic E-state index is 13.6. The van der Waals surface area contributed by atoms with E-state index in [0.29, 0.717) is 50.9 Å². The first-order chi connectivity index (χ1) is 23.1. The van der Waals surface area contributed by atoms with Gasteiger partial charge in [0.25, 0.3) is 11.5 Å². The van der Waals surface area contributed by atoms with Gasteiger partial charge in [-0.15, -0.1) is 0 Å². The van der Waals surface area contributed by atoms with Gasteiger partial charge in [-0.2, -0.15) is 0 Å². The van der Waals surface area contributed by atoms with Crippen LogP contribution in [0.1, 0.15) is 34.6 Å². The molecule has 1 atom stereocenters. The van der Waals surface area contributed by atoms with E-state index in [9.17, 15) is 9.59 Å². The van der Waals surface area contributed by atoms with E-state index in [0.717, 1.165) is 24.9 Å². The fourth-order valence-electron chi connectivity index (χ4n) is 5.84. The van der Waals surface area contributed by atoms with E-state index in [-0.39, 0.29) is 24.1 Å². The second-order valence-electron chi connectivity index (χ2n) is 11.2. The van der Waals surface area contributed by atoms with Gasteiger partial charge in [-0.3, -0.25) is 19.1 Å². The average molecular weight is 625 g/mol. The smallest absolute Gasteiger partial charge is 0.266 e. The highest BCUT2D eigenvalue weighted by Gasteiger charge is 2.32. The van der Waals surface area contributed by atoms with Crippen LogP contribution < -0.4 is 19.8 Å². The second kappa shape index (κ2) is 13.2. The van der Waals surface area contributed by atoms with Crippen LogP contribution >= 0.6 is 0 Å². The Morgan fingerprint density at radius 2 is 1.72 bits per heavy atom. The summed E-state index contributed by atoms with van der Waals surface area (Å²) in [5.41, 5.74) is 3.23. The van der Waals surface area contributed by atoms with Gasteiger partial charge in [0.15, 0.2) is 11.5 Å². The van der Waals surface area contributed by atoms with E-state index >= 15 is 0 Å². The number of ether oxygens (including phenoxy) is 3. The molecule has 5 aromatic rings. The van der Waals surface area contributed by atoms with E-state index in [4.69, 9.17) is 19.2 Å². The molecule has 0 radical (unpaired) electrons. The van der Waals surface area contributed by atoms with Crippen LogP contribution in [0.25, 0.3) is 28.7 Å². The predicted octanol–water partition coefficient (Wildman–Crippen LogP) is 6.86. The summed E-state index contributed by atoms with van der Waals surface area (Å²) in [7, 11) is 1.54. The highest BCUT2D eigenvalue weighted by molar-refractivity contribution is 6.03. The maximum Gasteiger partial charge on any atom is 0.266 e. The first-order valence-corrected chi connectivity index (χ1v) is 15.5. The minimum atomic E-state index is -0.152. The number of hydrogen-bond acceptors (Lipinski definition) is 7. The molecule has 4 aromatic carbocycles. The summed E-state index contributed by atoms with van der Waals surface area (Å²) in [5.74, 6) is 2.00. The van der Waals surface area contributed by atoms with Crippen LogP contribution in [0, 0.1) is 0 Å². The molecule has 9 nitrogen and oxygen atoms in total. The van der Waals surface area contributed by atoms with Crippen LogP contribution in [0.15, 0.2) is 113 Å². The third-order valence-electron chi connectivity index (χ3n) is 8.22. The van der Waals surface area contributed by atoms with Crippen molar-refractivity contribution in [3.05, 3.63) is 131 Å². The number of amides is 1. The zero-order valence-corrected chi connectivity index (χ0v) is 25.8. The average Bonchev–Trinajstić information content (AvgIpc) is 3.54. The van der Waals surface area contributed by atoms with Crippen LogP contribution in [-0.4, -0.2) is 52.9 Å². The van der Waals surface area contributed by atoms with Crippen LogP contribution in [0.4, 0.5) is 5.69 Å². The minimum absolute atomic E-state index is 0.0279. The number of methoxy groups -OCH3 is 1. The molecule has 0 N–H and O–H groups in total. The topological polar surface area (TPSA) is 95.2 Å². The number of aliphatic imine (C=N–C) groups is 1. The predicted molar refractivity (Wildman–Crippen MR) is 183 cm³/mol. The summed E-state index contributed by atoms with van der Waals surface area (Å²) in [4.78, 5) is 37.9. The van der Waals surface area contributed by atoms with Gasteiger partial charge in [0.1, 0.15) is 18.2 Å². The van der Waals surface area contributed by atoms with Crippen LogP contribution in [0.5, 0.6) is 17.2 Å². The van der Waals surface area contributed by atoms with Crippen molar-refractivity contribution in [1.82, 2.24) is 14.5 Å². The standard InChI is InChI=1S/C38H32N4O5/c1-45-34-23-31-33(39-25-28-11-7-20-41(28)37(31)43)24-35(34)47-22-8-21-46-29-17-15-27(16-18-29)42-36(19-14-26-9-3-2-4-10-26)40-32-13-6-5-12-30(32)38(42)44/h2-6,8-10,12-19,22-25,28H,7,11,20-21H2,1H3/b19-14+,22-8-/t28-/m0/s1. The number of carbonyl (C=O) groups excluding carboxylic acids is 1. The molecule has 3 heterocycles. The highest BCUT2D eigenvalue weighted by Crippen LogP contribution is 2.38. The summed E-state index contributed by atoms with van der Waals surface area (Å²) >= 11 is 0. The van der Waals surface area contributed by atoms with Crippen LogP contribution in [0.3, 0.4) is 0 Å².